The Balaban J connectivity index is 1.27. The van der Waals surface area contributed by atoms with Gasteiger partial charge in [-0.1, -0.05) is 38.5 Å². The Kier molecular flexibility index (Phi) is 14.1. The van der Waals surface area contributed by atoms with Crippen LogP contribution in [0.4, 0.5) is 0 Å². The highest BCUT2D eigenvalue weighted by Crippen LogP contribution is 2.39. The van der Waals surface area contributed by atoms with E-state index >= 15 is 0 Å². The quantitative estimate of drug-likeness (QED) is 0.120. The largest absolute Gasteiger partial charge is 0.457 e. The molecule has 0 radical (unpaired) electrons. The normalized spacial score (nSPS) is 22.0. The van der Waals surface area contributed by atoms with Crippen LogP contribution in [0.2, 0.25) is 12.6 Å². The fourth-order valence-electron chi connectivity index (χ4n) is 4.52. The minimum atomic E-state index is -0.192. The van der Waals surface area contributed by atoms with Crippen LogP contribution in [0.1, 0.15) is 120 Å². The topological polar surface area (TPSA) is 36.9 Å². The maximum Gasteiger partial charge on any atom is 0.457 e. The Hall–Kier alpha value is 0.670. The molecular weight excluding hydrogens is 486 g/mol. The Morgan fingerprint density at radius 2 is 0.639 bits per heavy atom. The predicted octanol–water partition coefficient (Wildman–Crippen LogP) is 8.54. The van der Waals surface area contributed by atoms with E-state index in [4.69, 9.17) is 18.6 Å². The van der Waals surface area contributed by atoms with E-state index in [2.05, 4.69) is 78.9 Å². The zero-order valence-electron chi connectivity index (χ0n) is 24.9. The summed E-state index contributed by atoms with van der Waals surface area (Å²) in [7, 11) is -0.0402. The minimum absolute atomic E-state index is 0.0201. The van der Waals surface area contributed by atoms with Gasteiger partial charge in [0.1, 0.15) is 0 Å². The summed E-state index contributed by atoms with van der Waals surface area (Å²) in [5, 5.41) is 0. The summed E-state index contributed by atoms with van der Waals surface area (Å²) in [5.41, 5.74) is -0.767. The predicted molar refractivity (Wildman–Crippen MR) is 163 cm³/mol. The van der Waals surface area contributed by atoms with Crippen molar-refractivity contribution in [1.82, 2.24) is 0 Å². The Bertz CT molecular complexity index is 532. The smallest absolute Gasteiger partial charge is 0.403 e. The van der Waals surface area contributed by atoms with Crippen LogP contribution in [-0.4, -0.2) is 59.7 Å². The molecule has 2 heterocycles. The van der Waals surface area contributed by atoms with Crippen LogP contribution in [0.5, 0.6) is 0 Å². The second kappa shape index (κ2) is 15.5. The van der Waals surface area contributed by atoms with Gasteiger partial charge in [-0.2, -0.15) is 23.5 Å². The molecule has 0 aromatic rings. The van der Waals surface area contributed by atoms with Crippen molar-refractivity contribution in [3.63, 3.8) is 0 Å². The molecule has 2 saturated heterocycles. The molecule has 0 atom stereocenters. The van der Waals surface area contributed by atoms with Crippen LogP contribution in [0.15, 0.2) is 0 Å². The highest BCUT2D eigenvalue weighted by molar-refractivity contribution is 7.99. The lowest BCUT2D eigenvalue weighted by molar-refractivity contribution is 0.00578. The summed E-state index contributed by atoms with van der Waals surface area (Å²) in [4.78, 5) is 0. The fraction of sp³-hybridized carbons (Fsp3) is 1.00. The zero-order chi connectivity index (χ0) is 26.7. The zero-order valence-corrected chi connectivity index (χ0v) is 26.6. The molecular formula is C28H56B2O4S2. The molecule has 210 valence electrons. The second-order valence-electron chi connectivity index (χ2n) is 12.7. The molecule has 0 N–H and O–H groups in total. The second-order valence-corrected chi connectivity index (χ2v) is 15.2. The van der Waals surface area contributed by atoms with Crippen molar-refractivity contribution in [3.05, 3.63) is 0 Å². The van der Waals surface area contributed by atoms with Gasteiger partial charge in [0.15, 0.2) is 0 Å². The average molecular weight is 543 g/mol. The maximum absolute atomic E-state index is 6.08. The fourth-order valence-corrected chi connectivity index (χ4v) is 6.56. The van der Waals surface area contributed by atoms with Gasteiger partial charge < -0.3 is 18.6 Å². The van der Waals surface area contributed by atoms with Crippen LogP contribution in [-0.2, 0) is 18.6 Å². The minimum Gasteiger partial charge on any atom is -0.403 e. The summed E-state index contributed by atoms with van der Waals surface area (Å²) >= 11 is 4.28. The third kappa shape index (κ3) is 11.0. The van der Waals surface area contributed by atoms with Crippen molar-refractivity contribution in [1.29, 1.82) is 0 Å². The third-order valence-electron chi connectivity index (χ3n) is 8.39. The first-order chi connectivity index (χ1) is 16.9. The van der Waals surface area contributed by atoms with Crippen molar-refractivity contribution in [2.75, 3.05) is 23.0 Å². The average Bonchev–Trinajstić information content (AvgIpc) is 3.11. The highest BCUT2D eigenvalue weighted by atomic mass is 32.2. The standard InChI is InChI=1S/C28H56B2O4S2/c1-25(2)26(3,4)32-29(31-25)19-13-11-17-23-35-21-15-9-10-16-22-36-24-18-12-14-20-30-33-27(5,6)28(7,8)34-30/h9-24H2,1-8H3. The molecule has 0 spiro atoms. The first-order valence-corrected chi connectivity index (χ1v) is 17.0. The first-order valence-electron chi connectivity index (χ1n) is 14.7. The number of unbranched alkanes of at least 4 members (excludes halogenated alkanes) is 7. The van der Waals surface area contributed by atoms with Crippen LogP contribution >= 0.6 is 23.5 Å². The van der Waals surface area contributed by atoms with Gasteiger partial charge >= 0.3 is 14.2 Å². The van der Waals surface area contributed by atoms with Gasteiger partial charge in [0.25, 0.3) is 0 Å². The lowest BCUT2D eigenvalue weighted by Crippen LogP contribution is -2.41. The van der Waals surface area contributed by atoms with Gasteiger partial charge in [-0.25, -0.2) is 0 Å². The van der Waals surface area contributed by atoms with Crippen molar-refractivity contribution < 1.29 is 18.6 Å². The molecule has 0 amide bonds. The molecule has 0 bridgehead atoms. The van der Waals surface area contributed by atoms with Crippen LogP contribution in [0.25, 0.3) is 0 Å². The number of rotatable bonds is 19. The van der Waals surface area contributed by atoms with Crippen molar-refractivity contribution >= 4 is 37.8 Å². The van der Waals surface area contributed by atoms with Crippen LogP contribution in [0, 0.1) is 0 Å². The molecule has 8 heteroatoms. The van der Waals surface area contributed by atoms with E-state index in [1.165, 1.54) is 87.2 Å². The Morgan fingerprint density at radius 1 is 0.389 bits per heavy atom. The van der Waals surface area contributed by atoms with Gasteiger partial charge in [0.2, 0.25) is 0 Å². The lowest BCUT2D eigenvalue weighted by Gasteiger charge is -2.32. The van der Waals surface area contributed by atoms with E-state index in [9.17, 15) is 0 Å². The molecule has 2 aliphatic heterocycles. The molecule has 0 unspecified atom stereocenters. The molecule has 4 nitrogen and oxygen atoms in total. The number of thioether (sulfide) groups is 2. The van der Waals surface area contributed by atoms with Gasteiger partial charge in [-0.3, -0.25) is 0 Å². The van der Waals surface area contributed by atoms with E-state index in [1.54, 1.807) is 0 Å². The molecule has 2 aliphatic rings. The van der Waals surface area contributed by atoms with Gasteiger partial charge in [0, 0.05) is 0 Å². The van der Waals surface area contributed by atoms with E-state index < -0.39 is 0 Å². The highest BCUT2D eigenvalue weighted by Gasteiger charge is 2.51. The summed E-state index contributed by atoms with van der Waals surface area (Å²) < 4.78 is 24.3. The Labute approximate surface area is 233 Å². The molecule has 2 rings (SSSR count). The summed E-state index contributed by atoms with van der Waals surface area (Å²) in [5.74, 6) is 5.25. The first kappa shape index (κ1) is 32.9. The van der Waals surface area contributed by atoms with Crippen LogP contribution < -0.4 is 0 Å². The van der Waals surface area contributed by atoms with Crippen molar-refractivity contribution in [2.45, 2.75) is 155 Å². The summed E-state index contributed by atoms with van der Waals surface area (Å²) in [6.07, 6.45) is 15.2. The molecule has 0 aliphatic carbocycles. The third-order valence-corrected chi connectivity index (χ3v) is 10.7. The molecule has 2 fully saturated rings. The molecule has 0 aromatic heterocycles. The number of hydrogen-bond donors (Lipinski definition) is 0. The van der Waals surface area contributed by atoms with Crippen molar-refractivity contribution in [3.8, 4) is 0 Å². The summed E-state index contributed by atoms with van der Waals surface area (Å²) in [6, 6.07) is 0. The van der Waals surface area contributed by atoms with Gasteiger partial charge in [0.05, 0.1) is 22.4 Å². The Morgan fingerprint density at radius 3 is 0.917 bits per heavy atom. The molecule has 0 aromatic carbocycles. The van der Waals surface area contributed by atoms with Gasteiger partial charge in [-0.15, -0.1) is 0 Å². The molecule has 0 saturated carbocycles. The van der Waals surface area contributed by atoms with E-state index in [0.29, 0.717) is 0 Å². The van der Waals surface area contributed by atoms with E-state index in [0.717, 1.165) is 12.6 Å². The maximum atomic E-state index is 6.08. The number of hydrogen-bond acceptors (Lipinski definition) is 6. The van der Waals surface area contributed by atoms with Crippen molar-refractivity contribution in [2.24, 2.45) is 0 Å². The lowest BCUT2D eigenvalue weighted by atomic mass is 9.82. The van der Waals surface area contributed by atoms with E-state index in [1.807, 2.05) is 0 Å². The summed E-state index contributed by atoms with van der Waals surface area (Å²) in [6.45, 7) is 17.1. The SMILES string of the molecule is CC1(C)OB(CCCCCSCCCCCCSCCCCCB2OC(C)(C)C(C)(C)O2)OC1(C)C. The van der Waals surface area contributed by atoms with Crippen LogP contribution in [0.3, 0.4) is 0 Å². The van der Waals surface area contributed by atoms with Gasteiger partial charge in [-0.05, 0) is 117 Å². The molecule has 36 heavy (non-hydrogen) atoms. The monoisotopic (exact) mass is 542 g/mol. The van der Waals surface area contributed by atoms with E-state index in [-0.39, 0.29) is 36.6 Å².